The van der Waals surface area contributed by atoms with E-state index in [1.807, 2.05) is 13.8 Å². The highest BCUT2D eigenvalue weighted by atomic mass is 35.5. The van der Waals surface area contributed by atoms with Crippen molar-refractivity contribution in [2.45, 2.75) is 20.3 Å². The predicted octanol–water partition coefficient (Wildman–Crippen LogP) is 4.83. The molecular formula is C22H20ClN3O3. The Morgan fingerprint density at radius 2 is 2.07 bits per heavy atom. The molecule has 6 nitrogen and oxygen atoms in total. The number of benzene rings is 2. The maximum atomic E-state index is 12.3. The highest BCUT2D eigenvalue weighted by molar-refractivity contribution is 6.32. The fourth-order valence-electron chi connectivity index (χ4n) is 2.81. The van der Waals surface area contributed by atoms with Crippen molar-refractivity contribution in [3.8, 4) is 17.6 Å². The van der Waals surface area contributed by atoms with Crippen LogP contribution < -0.4 is 15.0 Å². The molecule has 0 amide bonds. The minimum Gasteiger partial charge on any atom is -0.490 e. The van der Waals surface area contributed by atoms with Crippen LogP contribution in [0.25, 0.3) is 22.6 Å². The van der Waals surface area contributed by atoms with E-state index in [2.05, 4.69) is 16.0 Å². The Morgan fingerprint density at radius 1 is 1.28 bits per heavy atom. The predicted molar refractivity (Wildman–Crippen MR) is 114 cm³/mol. The van der Waals surface area contributed by atoms with E-state index in [1.54, 1.807) is 42.5 Å². The molecule has 2 aromatic carbocycles. The summed E-state index contributed by atoms with van der Waals surface area (Å²) in [5.41, 5.74) is 1.05. The SMILES string of the molecule is CCCOc1c(Cl)cc(/C=C(/C#N)c2nc3ccccc3c(=O)[nH]2)cc1OCC. The lowest BCUT2D eigenvalue weighted by Gasteiger charge is -2.14. The Balaban J connectivity index is 2.07. The lowest BCUT2D eigenvalue weighted by molar-refractivity contribution is 0.277. The van der Waals surface area contributed by atoms with Crippen LogP contribution in [0.1, 0.15) is 31.7 Å². The van der Waals surface area contributed by atoms with E-state index in [4.69, 9.17) is 21.1 Å². The zero-order chi connectivity index (χ0) is 20.8. The molecule has 29 heavy (non-hydrogen) atoms. The average molecular weight is 410 g/mol. The number of hydrogen-bond donors (Lipinski definition) is 1. The number of para-hydroxylation sites is 1. The number of halogens is 1. The Labute approximate surface area is 173 Å². The topological polar surface area (TPSA) is 88.0 Å². The normalized spacial score (nSPS) is 11.3. The van der Waals surface area contributed by atoms with E-state index in [1.165, 1.54) is 0 Å². The van der Waals surface area contributed by atoms with Crippen molar-refractivity contribution in [1.82, 2.24) is 9.97 Å². The summed E-state index contributed by atoms with van der Waals surface area (Å²) < 4.78 is 11.4. The van der Waals surface area contributed by atoms with Gasteiger partial charge in [-0.05, 0) is 49.2 Å². The molecule has 1 aromatic heterocycles. The first-order valence-corrected chi connectivity index (χ1v) is 9.65. The molecule has 1 heterocycles. The third-order valence-electron chi connectivity index (χ3n) is 4.08. The van der Waals surface area contributed by atoms with Crippen LogP contribution in [-0.2, 0) is 0 Å². The molecule has 0 unspecified atom stereocenters. The highest BCUT2D eigenvalue weighted by Crippen LogP contribution is 2.37. The van der Waals surface area contributed by atoms with Crippen LogP contribution in [0.5, 0.6) is 11.5 Å². The van der Waals surface area contributed by atoms with Gasteiger partial charge in [0.1, 0.15) is 6.07 Å². The standard InChI is InChI=1S/C22H20ClN3O3/c1-3-9-29-20-17(23)11-14(12-19(20)28-4-2)10-15(13-24)21-25-18-8-6-5-7-16(18)22(27)26-21/h5-8,10-12H,3-4,9H2,1-2H3,(H,25,26,27)/b15-10-. The molecule has 0 atom stereocenters. The maximum absolute atomic E-state index is 12.3. The van der Waals surface area contributed by atoms with E-state index in [9.17, 15) is 10.1 Å². The van der Waals surface area contributed by atoms with Crippen LogP contribution in [0, 0.1) is 11.3 Å². The molecule has 3 rings (SSSR count). The van der Waals surface area contributed by atoms with Crippen LogP contribution in [0.4, 0.5) is 0 Å². The number of fused-ring (bicyclic) bond motifs is 1. The molecule has 0 saturated carbocycles. The van der Waals surface area contributed by atoms with E-state index < -0.39 is 0 Å². The van der Waals surface area contributed by atoms with Crippen LogP contribution in [0.2, 0.25) is 5.02 Å². The van der Waals surface area contributed by atoms with Gasteiger partial charge in [-0.25, -0.2) is 4.98 Å². The lowest BCUT2D eigenvalue weighted by Crippen LogP contribution is -2.11. The number of H-pyrrole nitrogens is 1. The van der Waals surface area contributed by atoms with E-state index in [0.717, 1.165) is 6.42 Å². The van der Waals surface area contributed by atoms with E-state index in [0.29, 0.717) is 46.2 Å². The van der Waals surface area contributed by atoms with Crippen molar-refractivity contribution in [3.05, 3.63) is 63.2 Å². The summed E-state index contributed by atoms with van der Waals surface area (Å²) in [6, 6.07) is 12.5. The smallest absolute Gasteiger partial charge is 0.259 e. The largest absolute Gasteiger partial charge is 0.490 e. The van der Waals surface area contributed by atoms with Gasteiger partial charge >= 0.3 is 0 Å². The zero-order valence-corrected chi connectivity index (χ0v) is 16.9. The van der Waals surface area contributed by atoms with Crippen molar-refractivity contribution in [3.63, 3.8) is 0 Å². The van der Waals surface area contributed by atoms with Gasteiger partial charge in [0.25, 0.3) is 5.56 Å². The summed E-state index contributed by atoms with van der Waals surface area (Å²) >= 11 is 6.39. The van der Waals surface area contributed by atoms with Crippen molar-refractivity contribution < 1.29 is 9.47 Å². The Hall–Kier alpha value is -3.30. The minimum atomic E-state index is -0.303. The third kappa shape index (κ3) is 4.58. The van der Waals surface area contributed by atoms with E-state index in [-0.39, 0.29) is 17.0 Å². The second-order valence-electron chi connectivity index (χ2n) is 6.21. The van der Waals surface area contributed by atoms with Gasteiger partial charge in [0, 0.05) is 0 Å². The number of hydrogen-bond acceptors (Lipinski definition) is 5. The quantitative estimate of drug-likeness (QED) is 0.564. The molecule has 7 heteroatoms. The molecule has 0 fully saturated rings. The van der Waals surface area contributed by atoms with Gasteiger partial charge in [-0.3, -0.25) is 4.79 Å². The van der Waals surface area contributed by atoms with E-state index >= 15 is 0 Å². The molecule has 0 spiro atoms. The average Bonchev–Trinajstić information content (AvgIpc) is 2.71. The fourth-order valence-corrected chi connectivity index (χ4v) is 3.09. The van der Waals surface area contributed by atoms with Gasteiger partial charge in [0.05, 0.1) is 34.7 Å². The van der Waals surface area contributed by atoms with Gasteiger partial charge in [0.2, 0.25) is 0 Å². The molecule has 0 bridgehead atoms. The number of nitriles is 1. The Kier molecular flexibility index (Phi) is 6.53. The second-order valence-corrected chi connectivity index (χ2v) is 6.62. The summed E-state index contributed by atoms with van der Waals surface area (Å²) in [5, 5.41) is 10.5. The Morgan fingerprint density at radius 3 is 2.79 bits per heavy atom. The number of aromatic amines is 1. The molecule has 148 valence electrons. The second kappa shape index (κ2) is 9.26. The van der Waals surface area contributed by atoms with Crippen molar-refractivity contribution >= 4 is 34.2 Å². The zero-order valence-electron chi connectivity index (χ0n) is 16.2. The first-order chi connectivity index (χ1) is 14.1. The van der Waals surface area contributed by atoms with Crippen LogP contribution in [-0.4, -0.2) is 23.2 Å². The molecule has 0 saturated heterocycles. The van der Waals surface area contributed by atoms with Crippen molar-refractivity contribution in [2.75, 3.05) is 13.2 Å². The van der Waals surface area contributed by atoms with Crippen molar-refractivity contribution in [1.29, 1.82) is 5.26 Å². The molecule has 0 aliphatic rings. The van der Waals surface area contributed by atoms with Gasteiger partial charge in [0.15, 0.2) is 17.3 Å². The van der Waals surface area contributed by atoms with Crippen LogP contribution in [0.15, 0.2) is 41.2 Å². The summed E-state index contributed by atoms with van der Waals surface area (Å²) in [7, 11) is 0. The van der Waals surface area contributed by atoms with Crippen LogP contribution >= 0.6 is 11.6 Å². The highest BCUT2D eigenvalue weighted by Gasteiger charge is 2.14. The monoisotopic (exact) mass is 409 g/mol. The number of aromatic nitrogens is 2. The summed E-state index contributed by atoms with van der Waals surface area (Å²) in [6.45, 7) is 4.82. The number of ether oxygens (including phenoxy) is 2. The third-order valence-corrected chi connectivity index (χ3v) is 4.36. The van der Waals surface area contributed by atoms with Crippen molar-refractivity contribution in [2.24, 2.45) is 0 Å². The Bertz CT molecular complexity index is 1160. The summed E-state index contributed by atoms with van der Waals surface area (Å²) in [6.07, 6.45) is 2.44. The van der Waals surface area contributed by atoms with Gasteiger partial charge < -0.3 is 14.5 Å². The molecular weight excluding hydrogens is 390 g/mol. The minimum absolute atomic E-state index is 0.191. The first kappa shape index (κ1) is 20.4. The number of rotatable bonds is 7. The lowest BCUT2D eigenvalue weighted by atomic mass is 10.1. The molecule has 3 aromatic rings. The summed E-state index contributed by atoms with van der Waals surface area (Å²) in [5.74, 6) is 1.16. The van der Waals surface area contributed by atoms with Crippen LogP contribution in [0.3, 0.4) is 0 Å². The molecule has 1 N–H and O–H groups in total. The molecule has 0 aliphatic heterocycles. The number of nitrogens with zero attached hydrogens (tertiary/aromatic N) is 2. The molecule has 0 radical (unpaired) electrons. The first-order valence-electron chi connectivity index (χ1n) is 9.27. The number of nitrogens with one attached hydrogen (secondary N) is 1. The summed E-state index contributed by atoms with van der Waals surface area (Å²) in [4.78, 5) is 19.4. The van der Waals surface area contributed by atoms with Gasteiger partial charge in [-0.15, -0.1) is 0 Å². The maximum Gasteiger partial charge on any atom is 0.259 e. The fraction of sp³-hybridized carbons (Fsp3) is 0.227. The number of allylic oxidation sites excluding steroid dienone is 1. The molecule has 0 aliphatic carbocycles. The van der Waals surface area contributed by atoms with Gasteiger partial charge in [-0.2, -0.15) is 5.26 Å². The van der Waals surface area contributed by atoms with Gasteiger partial charge in [-0.1, -0.05) is 30.7 Å².